The van der Waals surface area contributed by atoms with E-state index < -0.39 is 0 Å². The molecular formula is C17H28N4O3. The van der Waals surface area contributed by atoms with E-state index in [1.807, 2.05) is 14.1 Å². The second-order valence-electron chi connectivity index (χ2n) is 6.60. The van der Waals surface area contributed by atoms with Crippen LogP contribution >= 0.6 is 0 Å². The van der Waals surface area contributed by atoms with Crippen LogP contribution in [0.4, 0.5) is 4.79 Å². The number of piperidine rings is 1. The molecule has 0 bridgehead atoms. The smallest absolute Gasteiger partial charge is 0.317 e. The van der Waals surface area contributed by atoms with Gasteiger partial charge in [-0.05, 0) is 52.0 Å². The second-order valence-corrected chi connectivity index (χ2v) is 6.60. The molecule has 2 heterocycles. The number of urea groups is 1. The second kappa shape index (κ2) is 8.73. The van der Waals surface area contributed by atoms with E-state index in [1.165, 1.54) is 6.26 Å². The summed E-state index contributed by atoms with van der Waals surface area (Å²) >= 11 is 0. The molecule has 0 aliphatic carbocycles. The molecule has 7 nitrogen and oxygen atoms in total. The number of amides is 3. The van der Waals surface area contributed by atoms with Crippen molar-refractivity contribution < 1.29 is 14.0 Å². The Hall–Kier alpha value is -2.02. The van der Waals surface area contributed by atoms with Gasteiger partial charge in [-0.3, -0.25) is 4.79 Å². The molecule has 1 N–H and O–H groups in total. The van der Waals surface area contributed by atoms with Gasteiger partial charge in [0.1, 0.15) is 0 Å². The van der Waals surface area contributed by atoms with Gasteiger partial charge in [0.15, 0.2) is 5.76 Å². The highest BCUT2D eigenvalue weighted by molar-refractivity contribution is 5.91. The summed E-state index contributed by atoms with van der Waals surface area (Å²) in [6, 6.07) is 3.29. The number of nitrogens with zero attached hydrogens (tertiary/aromatic N) is 3. The minimum Gasteiger partial charge on any atom is -0.459 e. The highest BCUT2D eigenvalue weighted by atomic mass is 16.3. The quantitative estimate of drug-likeness (QED) is 0.854. The van der Waals surface area contributed by atoms with Crippen LogP contribution in [0.15, 0.2) is 22.8 Å². The molecule has 1 aromatic heterocycles. The summed E-state index contributed by atoms with van der Waals surface area (Å²) in [6.07, 6.45) is 4.20. The van der Waals surface area contributed by atoms with Gasteiger partial charge < -0.3 is 24.4 Å². The van der Waals surface area contributed by atoms with Crippen molar-refractivity contribution in [3.63, 3.8) is 0 Å². The molecule has 2 rings (SSSR count). The van der Waals surface area contributed by atoms with Gasteiger partial charge in [0.25, 0.3) is 5.91 Å². The van der Waals surface area contributed by atoms with E-state index in [0.717, 1.165) is 25.8 Å². The summed E-state index contributed by atoms with van der Waals surface area (Å²) < 4.78 is 5.18. The first kappa shape index (κ1) is 18.3. The topological polar surface area (TPSA) is 69.0 Å². The molecule has 1 aliphatic rings. The van der Waals surface area contributed by atoms with Crippen LogP contribution < -0.4 is 5.32 Å². The van der Waals surface area contributed by atoms with E-state index in [0.29, 0.717) is 25.4 Å². The maximum absolute atomic E-state index is 12.3. The number of hydrogen-bond donors (Lipinski definition) is 1. The van der Waals surface area contributed by atoms with Gasteiger partial charge >= 0.3 is 6.03 Å². The maximum Gasteiger partial charge on any atom is 0.317 e. The van der Waals surface area contributed by atoms with Crippen LogP contribution in [-0.4, -0.2) is 80.0 Å². The molecule has 134 valence electrons. The Labute approximate surface area is 143 Å². The van der Waals surface area contributed by atoms with E-state index in [4.69, 9.17) is 4.42 Å². The van der Waals surface area contributed by atoms with E-state index >= 15 is 0 Å². The molecular weight excluding hydrogens is 308 g/mol. The molecule has 1 saturated heterocycles. The average Bonchev–Trinajstić information content (AvgIpc) is 3.08. The van der Waals surface area contributed by atoms with Crippen molar-refractivity contribution in [3.8, 4) is 0 Å². The Bertz CT molecular complexity index is 530. The van der Waals surface area contributed by atoms with Crippen LogP contribution in [0.1, 0.15) is 29.8 Å². The van der Waals surface area contributed by atoms with Gasteiger partial charge in [-0.15, -0.1) is 0 Å². The minimum atomic E-state index is -0.113. The summed E-state index contributed by atoms with van der Waals surface area (Å²) in [5, 5.41) is 3.04. The number of rotatable bonds is 6. The average molecular weight is 336 g/mol. The predicted octanol–water partition coefficient (Wildman–Crippen LogP) is 1.48. The van der Waals surface area contributed by atoms with Crippen molar-refractivity contribution in [1.29, 1.82) is 0 Å². The number of likely N-dealkylation sites (tertiary alicyclic amines) is 1. The molecule has 7 heteroatoms. The number of furan rings is 1. The summed E-state index contributed by atoms with van der Waals surface area (Å²) in [5.41, 5.74) is 0. The Kier molecular flexibility index (Phi) is 6.66. The lowest BCUT2D eigenvalue weighted by Crippen LogP contribution is -2.52. The van der Waals surface area contributed by atoms with Crippen molar-refractivity contribution in [2.45, 2.75) is 25.3 Å². The third-order valence-electron chi connectivity index (χ3n) is 4.21. The summed E-state index contributed by atoms with van der Waals surface area (Å²) in [5.74, 6) is 0.237. The highest BCUT2D eigenvalue weighted by Crippen LogP contribution is 2.14. The van der Waals surface area contributed by atoms with E-state index in [9.17, 15) is 9.59 Å². The Morgan fingerprint density at radius 3 is 2.79 bits per heavy atom. The highest BCUT2D eigenvalue weighted by Gasteiger charge is 2.27. The number of carbonyl (C=O) groups excluding carboxylic acids is 2. The van der Waals surface area contributed by atoms with Crippen molar-refractivity contribution in [2.75, 3.05) is 47.3 Å². The number of nitrogens with one attached hydrogen (secondary N) is 1. The SMILES string of the molecule is CN(C)CCCN(C)C(=O)N[C@@H]1CCCN(C(=O)c2ccco2)C1. The first-order valence-electron chi connectivity index (χ1n) is 8.46. The van der Waals surface area contributed by atoms with Crippen molar-refractivity contribution in [2.24, 2.45) is 0 Å². The predicted molar refractivity (Wildman–Crippen MR) is 92.0 cm³/mol. The molecule has 1 aliphatic heterocycles. The van der Waals surface area contributed by atoms with Crippen molar-refractivity contribution >= 4 is 11.9 Å². The molecule has 1 aromatic rings. The van der Waals surface area contributed by atoms with E-state index in [1.54, 1.807) is 29.0 Å². The fourth-order valence-electron chi connectivity index (χ4n) is 2.85. The Balaban J connectivity index is 1.79. The van der Waals surface area contributed by atoms with Crippen LogP contribution in [0.2, 0.25) is 0 Å². The molecule has 0 saturated carbocycles. The summed E-state index contributed by atoms with van der Waals surface area (Å²) in [4.78, 5) is 30.2. The van der Waals surface area contributed by atoms with Gasteiger partial charge in [-0.25, -0.2) is 4.79 Å². The molecule has 0 unspecified atom stereocenters. The van der Waals surface area contributed by atoms with Gasteiger partial charge in [0.2, 0.25) is 0 Å². The first-order chi connectivity index (χ1) is 11.5. The lowest BCUT2D eigenvalue weighted by Gasteiger charge is -2.33. The van der Waals surface area contributed by atoms with Crippen LogP contribution in [0.5, 0.6) is 0 Å². The van der Waals surface area contributed by atoms with Crippen molar-refractivity contribution in [1.82, 2.24) is 20.0 Å². The Morgan fingerprint density at radius 2 is 2.12 bits per heavy atom. The lowest BCUT2D eigenvalue weighted by molar-refractivity contribution is 0.0663. The number of carbonyl (C=O) groups is 2. The van der Waals surface area contributed by atoms with Crippen LogP contribution in [0.25, 0.3) is 0 Å². The standard InChI is InChI=1S/C17H28N4O3/c1-19(2)9-6-10-20(3)17(23)18-14-7-4-11-21(13-14)16(22)15-8-5-12-24-15/h5,8,12,14H,4,6-7,9-11,13H2,1-3H3,(H,18,23)/t14-/m1/s1. The van der Waals surface area contributed by atoms with Crippen molar-refractivity contribution in [3.05, 3.63) is 24.2 Å². The largest absolute Gasteiger partial charge is 0.459 e. The van der Waals surface area contributed by atoms with Crippen LogP contribution in [-0.2, 0) is 0 Å². The fourth-order valence-corrected chi connectivity index (χ4v) is 2.85. The molecule has 1 atom stereocenters. The van der Waals surface area contributed by atoms with Gasteiger partial charge in [0, 0.05) is 32.7 Å². The third-order valence-corrected chi connectivity index (χ3v) is 4.21. The summed E-state index contributed by atoms with van der Waals surface area (Å²) in [7, 11) is 5.85. The van der Waals surface area contributed by atoms with Gasteiger partial charge in [0.05, 0.1) is 6.26 Å². The van der Waals surface area contributed by atoms with Crippen LogP contribution in [0.3, 0.4) is 0 Å². The molecule has 1 fully saturated rings. The molecule has 24 heavy (non-hydrogen) atoms. The summed E-state index contributed by atoms with van der Waals surface area (Å²) in [6.45, 7) is 2.89. The fraction of sp³-hybridized carbons (Fsp3) is 0.647. The van der Waals surface area contributed by atoms with E-state index in [2.05, 4.69) is 10.2 Å². The third kappa shape index (κ3) is 5.26. The first-order valence-corrected chi connectivity index (χ1v) is 8.46. The molecule has 0 spiro atoms. The molecule has 3 amide bonds. The van der Waals surface area contributed by atoms with E-state index in [-0.39, 0.29) is 18.0 Å². The molecule has 0 radical (unpaired) electrons. The van der Waals surface area contributed by atoms with Gasteiger partial charge in [-0.1, -0.05) is 0 Å². The monoisotopic (exact) mass is 336 g/mol. The Morgan fingerprint density at radius 1 is 1.33 bits per heavy atom. The normalized spacial score (nSPS) is 17.8. The molecule has 0 aromatic carbocycles. The number of hydrogen-bond acceptors (Lipinski definition) is 4. The zero-order valence-corrected chi connectivity index (χ0v) is 14.8. The van der Waals surface area contributed by atoms with Gasteiger partial charge in [-0.2, -0.15) is 0 Å². The lowest BCUT2D eigenvalue weighted by atomic mass is 10.1. The maximum atomic E-state index is 12.3. The van der Waals surface area contributed by atoms with Crippen LogP contribution in [0, 0.1) is 0 Å². The zero-order chi connectivity index (χ0) is 17.5. The minimum absolute atomic E-state index is 0.0125. The zero-order valence-electron chi connectivity index (χ0n) is 14.8.